The van der Waals surface area contributed by atoms with Gasteiger partial charge in [-0.05, 0) is 57.2 Å². The number of pyridine rings is 1. The van der Waals surface area contributed by atoms with Crippen LogP contribution in [0, 0.1) is 20.8 Å². The summed E-state index contributed by atoms with van der Waals surface area (Å²) in [6.45, 7) is 5.60. The van der Waals surface area contributed by atoms with Crippen LogP contribution in [-0.4, -0.2) is 49.8 Å². The van der Waals surface area contributed by atoms with E-state index in [0.717, 1.165) is 44.6 Å². The second kappa shape index (κ2) is 13.5. The van der Waals surface area contributed by atoms with E-state index in [1.807, 2.05) is 142 Å². The van der Waals surface area contributed by atoms with Crippen molar-refractivity contribution in [2.45, 2.75) is 20.8 Å². The molecule has 0 spiro atoms. The molecule has 10 heteroatoms. The molecule has 0 saturated carbocycles. The fraction of sp³-hybridized carbons (Fsp3) is 0.0732. The summed E-state index contributed by atoms with van der Waals surface area (Å²) in [6, 6.07) is 39.6. The molecule has 0 aliphatic carbocycles. The van der Waals surface area contributed by atoms with Gasteiger partial charge < -0.3 is 0 Å². The third kappa shape index (κ3) is 6.83. The Morgan fingerprint density at radius 3 is 1.20 bits per heavy atom. The van der Waals surface area contributed by atoms with E-state index < -0.39 is 0 Å². The lowest BCUT2D eigenvalue weighted by Crippen LogP contribution is -2.02. The second-order valence-electron chi connectivity index (χ2n) is 11.9. The predicted octanol–water partition coefficient (Wildman–Crippen LogP) is 8.23. The third-order valence-electron chi connectivity index (χ3n) is 8.09. The summed E-state index contributed by atoms with van der Waals surface area (Å²) < 4.78 is 0. The average molecular weight is 663 g/mol. The van der Waals surface area contributed by atoms with Gasteiger partial charge in [0.1, 0.15) is 17.5 Å². The van der Waals surface area contributed by atoms with E-state index in [4.69, 9.17) is 24.9 Å². The Morgan fingerprint density at radius 2 is 0.667 bits per heavy atom. The van der Waals surface area contributed by atoms with Gasteiger partial charge in [-0.2, -0.15) is 0 Å². The van der Waals surface area contributed by atoms with Gasteiger partial charge >= 0.3 is 0 Å². The molecule has 0 saturated heterocycles. The van der Waals surface area contributed by atoms with E-state index in [2.05, 4.69) is 24.9 Å². The van der Waals surface area contributed by atoms with Gasteiger partial charge in [-0.1, -0.05) is 84.9 Å². The van der Waals surface area contributed by atoms with Crippen molar-refractivity contribution in [2.24, 2.45) is 0 Å². The molecule has 4 aromatic heterocycles. The van der Waals surface area contributed by atoms with Gasteiger partial charge in [0.05, 0.1) is 5.69 Å². The number of nitrogens with zero attached hydrogens (tertiary/aromatic N) is 10. The highest BCUT2D eigenvalue weighted by molar-refractivity contribution is 5.78. The Morgan fingerprint density at radius 1 is 0.294 bits per heavy atom. The zero-order valence-electron chi connectivity index (χ0n) is 28.1. The van der Waals surface area contributed by atoms with Crippen LogP contribution in [0.3, 0.4) is 0 Å². The summed E-state index contributed by atoms with van der Waals surface area (Å²) >= 11 is 0. The van der Waals surface area contributed by atoms with E-state index in [-0.39, 0.29) is 0 Å². The highest BCUT2D eigenvalue weighted by Crippen LogP contribution is 2.33. The molecule has 4 aromatic carbocycles. The third-order valence-corrected chi connectivity index (χ3v) is 8.09. The number of rotatable bonds is 7. The number of benzene rings is 4. The van der Waals surface area contributed by atoms with Gasteiger partial charge in [0, 0.05) is 45.1 Å². The van der Waals surface area contributed by atoms with Crippen LogP contribution in [0.5, 0.6) is 0 Å². The molecule has 0 atom stereocenters. The molecule has 0 N–H and O–H groups in total. The van der Waals surface area contributed by atoms with Gasteiger partial charge in [-0.15, -0.1) is 0 Å². The van der Waals surface area contributed by atoms with E-state index in [0.29, 0.717) is 52.4 Å². The monoisotopic (exact) mass is 662 g/mol. The molecule has 10 nitrogen and oxygen atoms in total. The minimum Gasteiger partial charge on any atom is -0.256 e. The fourth-order valence-electron chi connectivity index (χ4n) is 5.79. The zero-order chi connectivity index (χ0) is 34.7. The molecule has 8 rings (SSSR count). The molecule has 0 radical (unpaired) electrons. The number of aromatic nitrogens is 10. The molecule has 51 heavy (non-hydrogen) atoms. The van der Waals surface area contributed by atoms with Crippen molar-refractivity contribution in [3.05, 3.63) is 145 Å². The Bertz CT molecular complexity index is 2490. The topological polar surface area (TPSA) is 129 Å². The number of aryl methyl sites for hydroxylation is 3. The SMILES string of the molecule is Cc1nc(C)nc(-c2cccc(-c3nc(-c4ccccc4)nc(-c4cc(-c5ccccn5)cc(-c5nc(C)nc(-c6ccccc6)n5)c4)n3)c2)n1. The predicted molar refractivity (Wildman–Crippen MR) is 197 cm³/mol. The molecule has 8 aromatic rings. The first-order valence-corrected chi connectivity index (χ1v) is 16.4. The van der Waals surface area contributed by atoms with Gasteiger partial charge in [0.2, 0.25) is 0 Å². The van der Waals surface area contributed by atoms with Crippen LogP contribution in [0.2, 0.25) is 0 Å². The Balaban J connectivity index is 1.32. The van der Waals surface area contributed by atoms with Crippen molar-refractivity contribution in [3.8, 4) is 79.6 Å². The minimum absolute atomic E-state index is 0.490. The molecular weight excluding hydrogens is 633 g/mol. The van der Waals surface area contributed by atoms with Crippen molar-refractivity contribution < 1.29 is 0 Å². The van der Waals surface area contributed by atoms with Crippen LogP contribution in [0.1, 0.15) is 17.5 Å². The number of hydrogen-bond acceptors (Lipinski definition) is 10. The van der Waals surface area contributed by atoms with Crippen molar-refractivity contribution in [1.82, 2.24) is 49.8 Å². The molecule has 4 heterocycles. The highest BCUT2D eigenvalue weighted by Gasteiger charge is 2.17. The van der Waals surface area contributed by atoms with Crippen LogP contribution in [0.25, 0.3) is 79.6 Å². The lowest BCUT2D eigenvalue weighted by molar-refractivity contribution is 0.928. The molecule has 244 valence electrons. The van der Waals surface area contributed by atoms with Gasteiger partial charge in [0.25, 0.3) is 0 Å². The van der Waals surface area contributed by atoms with Crippen LogP contribution in [0.4, 0.5) is 0 Å². The Kier molecular flexibility index (Phi) is 8.31. The lowest BCUT2D eigenvalue weighted by Gasteiger charge is -2.12. The Labute approximate surface area is 294 Å². The summed E-state index contributed by atoms with van der Waals surface area (Å²) in [4.78, 5) is 47.5. The zero-order valence-corrected chi connectivity index (χ0v) is 28.1. The maximum absolute atomic E-state index is 5.07. The maximum Gasteiger partial charge on any atom is 0.164 e. The van der Waals surface area contributed by atoms with Crippen LogP contribution in [0.15, 0.2) is 128 Å². The fourth-order valence-corrected chi connectivity index (χ4v) is 5.79. The summed E-state index contributed by atoms with van der Waals surface area (Å²) in [6.07, 6.45) is 1.78. The standard InChI is InChI=1S/C41H30N10/c1-25-43-26(2)45-38(44-25)30-17-12-18-31(21-30)39-49-37(29-15-8-5-9-16-29)50-41(51-39)34-23-32(35-19-10-11-20-42-35)22-33(24-34)40-47-27(3)46-36(48-40)28-13-6-4-7-14-28/h4-24H,1-3H3. The van der Waals surface area contributed by atoms with Gasteiger partial charge in [0.15, 0.2) is 34.9 Å². The first-order valence-electron chi connectivity index (χ1n) is 16.4. The molecule has 0 fully saturated rings. The second-order valence-corrected chi connectivity index (χ2v) is 11.9. The normalized spacial score (nSPS) is 11.0. The van der Waals surface area contributed by atoms with Crippen molar-refractivity contribution in [3.63, 3.8) is 0 Å². The Hall–Kier alpha value is -6.94. The van der Waals surface area contributed by atoms with Crippen LogP contribution < -0.4 is 0 Å². The van der Waals surface area contributed by atoms with Crippen LogP contribution in [-0.2, 0) is 0 Å². The summed E-state index contributed by atoms with van der Waals surface area (Å²) in [5.74, 6) is 5.19. The average Bonchev–Trinajstić information content (AvgIpc) is 3.18. The molecule has 0 unspecified atom stereocenters. The summed E-state index contributed by atoms with van der Waals surface area (Å²) in [5.41, 5.74) is 6.61. The molecule has 0 bridgehead atoms. The molecular formula is C41H30N10. The lowest BCUT2D eigenvalue weighted by atomic mass is 10.0. The minimum atomic E-state index is 0.490. The van der Waals surface area contributed by atoms with E-state index in [9.17, 15) is 0 Å². The van der Waals surface area contributed by atoms with Gasteiger partial charge in [-0.25, -0.2) is 44.9 Å². The largest absolute Gasteiger partial charge is 0.256 e. The quantitative estimate of drug-likeness (QED) is 0.165. The maximum atomic E-state index is 5.07. The van der Waals surface area contributed by atoms with Crippen molar-refractivity contribution >= 4 is 0 Å². The molecule has 0 aliphatic heterocycles. The first kappa shape index (κ1) is 31.3. The summed E-state index contributed by atoms with van der Waals surface area (Å²) in [7, 11) is 0. The van der Waals surface area contributed by atoms with Gasteiger partial charge in [-0.3, -0.25) is 4.98 Å². The van der Waals surface area contributed by atoms with E-state index in [1.54, 1.807) is 6.20 Å². The summed E-state index contributed by atoms with van der Waals surface area (Å²) in [5, 5.41) is 0. The van der Waals surface area contributed by atoms with Crippen molar-refractivity contribution in [2.75, 3.05) is 0 Å². The number of hydrogen-bond donors (Lipinski definition) is 0. The molecule has 0 amide bonds. The smallest absolute Gasteiger partial charge is 0.164 e. The van der Waals surface area contributed by atoms with E-state index in [1.165, 1.54) is 0 Å². The first-order chi connectivity index (χ1) is 24.9. The van der Waals surface area contributed by atoms with Crippen molar-refractivity contribution in [1.29, 1.82) is 0 Å². The highest BCUT2D eigenvalue weighted by atomic mass is 15.0. The van der Waals surface area contributed by atoms with E-state index >= 15 is 0 Å². The van der Waals surface area contributed by atoms with Crippen LogP contribution >= 0.6 is 0 Å². The molecule has 0 aliphatic rings.